The van der Waals surface area contributed by atoms with Crippen LogP contribution < -0.4 is 0 Å². The molecule has 0 aliphatic carbocycles. The lowest BCUT2D eigenvalue weighted by atomic mass is 9.86. The van der Waals surface area contributed by atoms with Gasteiger partial charge in [-0.15, -0.1) is 22.7 Å². The Morgan fingerprint density at radius 2 is 0.475 bits per heavy atom. The van der Waals surface area contributed by atoms with Crippen molar-refractivity contribution in [2.75, 3.05) is 0 Å². The first-order valence-corrected chi connectivity index (χ1v) is 42.3. The predicted molar refractivity (Wildman–Crippen MR) is 517 cm³/mol. The van der Waals surface area contributed by atoms with Gasteiger partial charge in [0.05, 0.1) is 11.0 Å². The second-order valence-electron chi connectivity index (χ2n) is 30.1. The molecule has 0 saturated heterocycles. The molecule has 4 heterocycles. The maximum absolute atomic E-state index is 3.56. The van der Waals surface area contributed by atoms with E-state index in [1.807, 2.05) is 22.7 Å². The number of aromatic nitrogens is 2. The van der Waals surface area contributed by atoms with Crippen LogP contribution in [0.3, 0.4) is 0 Å². The Kier molecular flexibility index (Phi) is 18.4. The van der Waals surface area contributed by atoms with E-state index in [1.54, 1.807) is 0 Å². The molecule has 0 fully saturated rings. The third-order valence-electron chi connectivity index (χ3n) is 23.6. The number of nitrogens with one attached hydrogen (secondary N) is 1. The van der Waals surface area contributed by atoms with E-state index in [-0.39, 0.29) is 7.43 Å². The summed E-state index contributed by atoms with van der Waals surface area (Å²) >= 11 is 7.38. The number of hydrogen-bond acceptors (Lipinski definition) is 2. The van der Waals surface area contributed by atoms with Crippen LogP contribution in [-0.4, -0.2) is 9.55 Å². The Morgan fingerprint density at radius 3 is 0.881 bits per heavy atom. The fourth-order valence-electron chi connectivity index (χ4n) is 18.3. The number of thiophene rings is 2. The van der Waals surface area contributed by atoms with E-state index < -0.39 is 0 Å². The van der Waals surface area contributed by atoms with Gasteiger partial charge in [-0.25, -0.2) is 0 Å². The van der Waals surface area contributed by atoms with Crippen LogP contribution in [-0.2, 0) is 0 Å². The lowest BCUT2D eigenvalue weighted by Crippen LogP contribution is -1.94. The third kappa shape index (κ3) is 12.4. The lowest BCUT2D eigenvalue weighted by Gasteiger charge is -2.18. The van der Waals surface area contributed by atoms with Gasteiger partial charge in [0.25, 0.3) is 0 Å². The van der Waals surface area contributed by atoms with Gasteiger partial charge in [0.2, 0.25) is 0 Å². The summed E-state index contributed by atoms with van der Waals surface area (Å²) in [6.45, 7) is 0. The van der Waals surface area contributed by atoms with Crippen LogP contribution in [0.4, 0.5) is 0 Å². The second kappa shape index (κ2) is 30.3. The molecule has 0 unspecified atom stereocenters. The lowest BCUT2D eigenvalue weighted by molar-refractivity contribution is 1.18. The van der Waals surface area contributed by atoms with Crippen molar-refractivity contribution in [3.05, 3.63) is 429 Å². The molecule has 0 amide bonds. The zero-order valence-electron chi connectivity index (χ0n) is 63.6. The molecule has 0 aliphatic rings. The first-order chi connectivity index (χ1) is 58.0. The van der Waals surface area contributed by atoms with Gasteiger partial charge in [0, 0.05) is 83.1 Å². The zero-order valence-corrected chi connectivity index (χ0v) is 66.8. The standard InChI is InChI=1S/C56H35NS.C30H19NS.C26H17Br.CH4/c1-3-15-36(16-4-1)41-24-13-26-48-49-27-14-25-42(56(49)58-55(41)48)39-31-34-52-50(35-39)43-19-11-12-28-51(43)57(52)40-32-29-38(30-33-40)54-46-22-9-7-20-44(46)53(37-17-5-2-6-18-37)45-21-8-10-23-47(45)54;1-2-8-19(9-3-1)21-11-6-13-24-25-14-7-12-22(30(25)32-29(21)24)20-16-17-28-26(18-20)23-10-4-5-15-27(23)31-28;27-20-16-14-19(15-17-20)26-23-12-6-4-10-21(23)25(18-8-2-1-3-9-18)22-11-5-7-13-24(22)26;/h1-35H;1-18,31H;1-17H;1H4. The Morgan fingerprint density at radius 1 is 0.195 bits per heavy atom. The summed E-state index contributed by atoms with van der Waals surface area (Å²) < 4.78 is 8.90. The summed E-state index contributed by atoms with van der Waals surface area (Å²) in [5, 5.41) is 20.6. The molecule has 0 spiro atoms. The fourth-order valence-corrected chi connectivity index (χ4v) is 21.3. The van der Waals surface area contributed by atoms with E-state index in [0.717, 1.165) is 10.2 Å². The predicted octanol–water partition coefficient (Wildman–Crippen LogP) is 33.9. The SMILES string of the molecule is Brc1ccc(-c2c3ccccc3c(-c3ccccc3)c3ccccc23)cc1.C.c1ccc(-c2c3ccccc3c(-c3ccc(-n4c5ccccc5c5cc(-c6cccc7c6sc6c(-c8ccccc8)cccc67)ccc54)cc3)c3ccccc23)cc1.c1ccc(-c2cccc3c2sc2c(-c4ccc5[nH]c6ccccc6c5c4)cccc23)cc1. The number of rotatable bonds is 9. The summed E-state index contributed by atoms with van der Waals surface area (Å²) in [6.07, 6.45) is 0. The summed E-state index contributed by atoms with van der Waals surface area (Å²) in [7, 11) is 0. The van der Waals surface area contributed by atoms with Gasteiger partial charge in [-0.05, 0) is 193 Å². The molecule has 5 heteroatoms. The summed E-state index contributed by atoms with van der Waals surface area (Å²) in [5.74, 6) is 0. The highest BCUT2D eigenvalue weighted by Crippen LogP contribution is 2.50. The normalized spacial score (nSPS) is 11.5. The van der Waals surface area contributed by atoms with Gasteiger partial charge in [-0.1, -0.05) is 387 Å². The molecule has 1 N–H and O–H groups in total. The van der Waals surface area contributed by atoms with Crippen LogP contribution in [0.2, 0.25) is 0 Å². The smallest absolute Gasteiger partial charge is 0.0541 e. The number of hydrogen-bond donors (Lipinski definition) is 1. The van der Waals surface area contributed by atoms with Crippen molar-refractivity contribution in [2.45, 2.75) is 7.43 Å². The highest BCUT2D eigenvalue weighted by molar-refractivity contribution is 9.10. The maximum atomic E-state index is 3.56. The summed E-state index contributed by atoms with van der Waals surface area (Å²) in [5.41, 5.74) is 26.3. The van der Waals surface area contributed by atoms with Crippen LogP contribution in [0.15, 0.2) is 429 Å². The second-order valence-corrected chi connectivity index (χ2v) is 33.1. The van der Waals surface area contributed by atoms with Crippen molar-refractivity contribution >= 4 is 166 Å². The van der Waals surface area contributed by atoms with Gasteiger partial charge >= 0.3 is 0 Å². The van der Waals surface area contributed by atoms with Crippen molar-refractivity contribution in [3.63, 3.8) is 0 Å². The molecule has 0 aliphatic heterocycles. The molecule has 4 aromatic heterocycles. The van der Waals surface area contributed by atoms with E-state index >= 15 is 0 Å². The largest absolute Gasteiger partial charge is 0.355 e. The highest BCUT2D eigenvalue weighted by Gasteiger charge is 2.23. The van der Waals surface area contributed by atoms with Crippen LogP contribution >= 0.6 is 38.6 Å². The van der Waals surface area contributed by atoms with Gasteiger partial charge < -0.3 is 9.55 Å². The zero-order chi connectivity index (χ0) is 77.4. The third-order valence-corrected chi connectivity index (χ3v) is 26.7. The van der Waals surface area contributed by atoms with Crippen molar-refractivity contribution < 1.29 is 0 Å². The van der Waals surface area contributed by atoms with Crippen molar-refractivity contribution in [2.24, 2.45) is 0 Å². The number of nitrogens with zero attached hydrogens (tertiary/aromatic N) is 1. The maximum Gasteiger partial charge on any atom is 0.0541 e. The van der Waals surface area contributed by atoms with Crippen molar-refractivity contribution in [1.82, 2.24) is 9.55 Å². The molecule has 24 aromatic rings. The van der Waals surface area contributed by atoms with Gasteiger partial charge in [0.15, 0.2) is 0 Å². The summed E-state index contributed by atoms with van der Waals surface area (Å²) in [6, 6.07) is 154. The minimum Gasteiger partial charge on any atom is -0.355 e. The first kappa shape index (κ1) is 71.7. The topological polar surface area (TPSA) is 20.7 Å². The van der Waals surface area contributed by atoms with Crippen LogP contribution in [0.25, 0.3) is 222 Å². The quantitative estimate of drug-likeness (QED) is 0.139. The molecule has 24 rings (SSSR count). The molecule has 0 radical (unpaired) electrons. The van der Waals surface area contributed by atoms with Gasteiger partial charge in [0.1, 0.15) is 0 Å². The number of halogens is 1. The minimum absolute atomic E-state index is 0. The Labute approximate surface area is 700 Å². The average molecular weight is 1600 g/mol. The molecule has 0 atom stereocenters. The van der Waals surface area contributed by atoms with Gasteiger partial charge in [-0.2, -0.15) is 0 Å². The first-order valence-electron chi connectivity index (χ1n) is 39.9. The molecule has 0 bridgehead atoms. The van der Waals surface area contributed by atoms with E-state index in [1.165, 1.54) is 216 Å². The molecular formula is C113H75BrN2S2. The number of H-pyrrole nitrogens is 1. The highest BCUT2D eigenvalue weighted by atomic mass is 79.9. The minimum atomic E-state index is 0. The monoisotopic (exact) mass is 1600 g/mol. The number of fused-ring (bicyclic) bond motifs is 16. The van der Waals surface area contributed by atoms with E-state index in [9.17, 15) is 0 Å². The Balaban J connectivity index is 0.000000121. The molecule has 118 heavy (non-hydrogen) atoms. The molecule has 0 saturated carbocycles. The molecule has 20 aromatic carbocycles. The Bertz CT molecular complexity index is 7860. The molecule has 2 nitrogen and oxygen atoms in total. The van der Waals surface area contributed by atoms with E-state index in [0.29, 0.717) is 0 Å². The van der Waals surface area contributed by atoms with Crippen LogP contribution in [0.5, 0.6) is 0 Å². The molecule has 556 valence electrons. The van der Waals surface area contributed by atoms with E-state index in [2.05, 4.69) is 450 Å². The Hall–Kier alpha value is -14.0. The van der Waals surface area contributed by atoms with E-state index in [4.69, 9.17) is 0 Å². The molecular weight excluding hydrogens is 1530 g/mol. The van der Waals surface area contributed by atoms with Crippen LogP contribution in [0, 0.1) is 0 Å². The van der Waals surface area contributed by atoms with Crippen molar-refractivity contribution in [1.29, 1.82) is 0 Å². The van der Waals surface area contributed by atoms with Gasteiger partial charge in [-0.3, -0.25) is 0 Å². The number of para-hydroxylation sites is 2. The fraction of sp³-hybridized carbons (Fsp3) is 0.00885. The number of benzene rings is 20. The summed E-state index contributed by atoms with van der Waals surface area (Å²) in [4.78, 5) is 3.54. The number of aromatic amines is 1. The average Bonchev–Trinajstić information content (AvgIpc) is 1.69. The van der Waals surface area contributed by atoms with Crippen LogP contribution in [0.1, 0.15) is 7.43 Å². The van der Waals surface area contributed by atoms with Crippen molar-refractivity contribution in [3.8, 4) is 94.7 Å².